The van der Waals surface area contributed by atoms with Crippen LogP contribution in [0.3, 0.4) is 0 Å². The second-order valence-electron chi connectivity index (χ2n) is 4.90. The summed E-state index contributed by atoms with van der Waals surface area (Å²) in [4.78, 5) is 11.2. The number of carbonyl (C=O) groups is 1. The lowest BCUT2D eigenvalue weighted by atomic mass is 9.61. The fraction of sp³-hybridized carbons (Fsp3) is 0.833. The molecule has 15 heavy (non-hydrogen) atoms. The highest BCUT2D eigenvalue weighted by Gasteiger charge is 2.42. The maximum absolute atomic E-state index is 11.2. The molecule has 0 spiro atoms. The van der Waals surface area contributed by atoms with Crippen LogP contribution in [0.5, 0.6) is 0 Å². The van der Waals surface area contributed by atoms with Gasteiger partial charge in [-0.15, -0.1) is 0 Å². The Morgan fingerprint density at radius 2 is 1.80 bits per heavy atom. The minimum atomic E-state index is -0.400. The number of nitriles is 1. The molecular weight excluding hydrogens is 188 g/mol. The molecule has 1 N–H and O–H groups in total. The summed E-state index contributed by atoms with van der Waals surface area (Å²) >= 11 is 0. The number of rotatable bonds is 1. The standard InChI is InChI=1S/C12H17N2O/c13-7-8-5-6-11(12(14)15)10-4-2-1-3-9(8)10/h8-11,14H,1-6H2. The quantitative estimate of drug-likeness (QED) is 0.658. The molecule has 3 heteroatoms. The number of nitrogens with one attached hydrogen (secondary N) is 1. The highest BCUT2D eigenvalue weighted by Crippen LogP contribution is 2.46. The van der Waals surface area contributed by atoms with Crippen LogP contribution in [0, 0.1) is 35.0 Å². The average Bonchev–Trinajstić information content (AvgIpc) is 2.27. The third-order valence-corrected chi connectivity index (χ3v) is 4.20. The number of fused-ring (bicyclic) bond motifs is 1. The van der Waals surface area contributed by atoms with Gasteiger partial charge < -0.3 is 0 Å². The molecule has 0 aromatic rings. The zero-order chi connectivity index (χ0) is 10.8. The van der Waals surface area contributed by atoms with Crippen LogP contribution in [0.2, 0.25) is 0 Å². The lowest BCUT2D eigenvalue weighted by Crippen LogP contribution is -2.40. The Kier molecular flexibility index (Phi) is 2.95. The van der Waals surface area contributed by atoms with Gasteiger partial charge in [0.2, 0.25) is 5.91 Å². The molecule has 0 saturated heterocycles. The SMILES string of the molecule is N#CC1CCC(C([NH])=O)C2CCCCC12. The number of nitrogens with zero attached hydrogens (tertiary/aromatic N) is 1. The van der Waals surface area contributed by atoms with Crippen molar-refractivity contribution in [2.24, 2.45) is 23.7 Å². The van der Waals surface area contributed by atoms with E-state index in [2.05, 4.69) is 6.07 Å². The van der Waals surface area contributed by atoms with Crippen molar-refractivity contribution in [2.75, 3.05) is 0 Å². The van der Waals surface area contributed by atoms with Gasteiger partial charge in [0.25, 0.3) is 0 Å². The van der Waals surface area contributed by atoms with Crippen molar-refractivity contribution in [3.05, 3.63) is 0 Å². The Bertz CT molecular complexity index is 294. The monoisotopic (exact) mass is 205 g/mol. The molecule has 2 saturated carbocycles. The van der Waals surface area contributed by atoms with Gasteiger partial charge in [-0.1, -0.05) is 12.8 Å². The molecule has 0 bridgehead atoms. The number of hydrogen-bond acceptors (Lipinski definition) is 2. The molecule has 4 atom stereocenters. The van der Waals surface area contributed by atoms with Crippen molar-refractivity contribution in [2.45, 2.75) is 38.5 Å². The van der Waals surface area contributed by atoms with Crippen LogP contribution >= 0.6 is 0 Å². The van der Waals surface area contributed by atoms with Crippen molar-refractivity contribution in [3.63, 3.8) is 0 Å². The van der Waals surface area contributed by atoms with Gasteiger partial charge >= 0.3 is 0 Å². The van der Waals surface area contributed by atoms with Crippen LogP contribution < -0.4 is 5.73 Å². The second-order valence-corrected chi connectivity index (χ2v) is 4.90. The lowest BCUT2D eigenvalue weighted by Gasteiger charge is -2.42. The summed E-state index contributed by atoms with van der Waals surface area (Å²) in [5.41, 5.74) is 7.30. The first-order chi connectivity index (χ1) is 7.24. The Morgan fingerprint density at radius 3 is 2.40 bits per heavy atom. The predicted octanol–water partition coefficient (Wildman–Crippen LogP) is 2.15. The van der Waals surface area contributed by atoms with E-state index in [0.29, 0.717) is 11.8 Å². The topological polar surface area (TPSA) is 64.7 Å². The molecule has 0 aromatic carbocycles. The molecule has 1 radical (unpaired) electrons. The molecular formula is C12H17N2O. The first kappa shape index (κ1) is 10.5. The van der Waals surface area contributed by atoms with Crippen LogP contribution in [0.15, 0.2) is 0 Å². The van der Waals surface area contributed by atoms with E-state index < -0.39 is 5.91 Å². The van der Waals surface area contributed by atoms with E-state index in [0.717, 1.165) is 25.7 Å². The molecule has 2 aliphatic carbocycles. The van der Waals surface area contributed by atoms with Gasteiger partial charge in [0, 0.05) is 11.8 Å². The maximum Gasteiger partial charge on any atom is 0.241 e. The van der Waals surface area contributed by atoms with E-state index in [1.807, 2.05) is 0 Å². The summed E-state index contributed by atoms with van der Waals surface area (Å²) < 4.78 is 0. The van der Waals surface area contributed by atoms with Gasteiger partial charge in [0.1, 0.15) is 0 Å². The average molecular weight is 205 g/mol. The molecule has 2 rings (SSSR count). The van der Waals surface area contributed by atoms with E-state index in [4.69, 9.17) is 11.0 Å². The van der Waals surface area contributed by atoms with Crippen LogP contribution in [-0.2, 0) is 4.79 Å². The van der Waals surface area contributed by atoms with Crippen LogP contribution in [0.1, 0.15) is 38.5 Å². The number of hydrogen-bond donors (Lipinski definition) is 0. The second kappa shape index (κ2) is 4.22. The minimum absolute atomic E-state index is 0.0695. The van der Waals surface area contributed by atoms with Crippen molar-refractivity contribution < 1.29 is 4.79 Å². The first-order valence-corrected chi connectivity index (χ1v) is 5.89. The molecule has 0 aromatic heterocycles. The minimum Gasteiger partial charge on any atom is -0.273 e. The van der Waals surface area contributed by atoms with Gasteiger partial charge in [0.15, 0.2) is 0 Å². The summed E-state index contributed by atoms with van der Waals surface area (Å²) in [6.45, 7) is 0. The van der Waals surface area contributed by atoms with Gasteiger partial charge in [-0.3, -0.25) is 10.5 Å². The van der Waals surface area contributed by atoms with Gasteiger partial charge in [-0.25, -0.2) is 0 Å². The number of carbonyl (C=O) groups excluding carboxylic acids is 1. The maximum atomic E-state index is 11.2. The van der Waals surface area contributed by atoms with Crippen molar-refractivity contribution >= 4 is 5.91 Å². The Labute approximate surface area is 90.6 Å². The van der Waals surface area contributed by atoms with Gasteiger partial charge in [-0.05, 0) is 37.5 Å². The molecule has 2 fully saturated rings. The summed E-state index contributed by atoms with van der Waals surface area (Å²) in [5, 5.41) is 9.07. The third-order valence-electron chi connectivity index (χ3n) is 4.20. The molecule has 1 amide bonds. The van der Waals surface area contributed by atoms with Crippen molar-refractivity contribution in [1.82, 2.24) is 5.73 Å². The Hall–Kier alpha value is -1.04. The smallest absolute Gasteiger partial charge is 0.241 e. The lowest BCUT2D eigenvalue weighted by molar-refractivity contribution is -0.127. The first-order valence-electron chi connectivity index (χ1n) is 5.89. The molecule has 2 aliphatic rings. The number of amides is 1. The largest absolute Gasteiger partial charge is 0.273 e. The third kappa shape index (κ3) is 1.86. The Morgan fingerprint density at radius 1 is 1.13 bits per heavy atom. The van der Waals surface area contributed by atoms with Crippen molar-refractivity contribution in [1.29, 1.82) is 5.26 Å². The summed E-state index contributed by atoms with van der Waals surface area (Å²) in [6.07, 6.45) is 6.10. The zero-order valence-corrected chi connectivity index (χ0v) is 8.91. The molecule has 0 heterocycles. The zero-order valence-electron chi connectivity index (χ0n) is 8.91. The van der Waals surface area contributed by atoms with Gasteiger partial charge in [-0.2, -0.15) is 5.26 Å². The molecule has 81 valence electrons. The van der Waals surface area contributed by atoms with E-state index in [-0.39, 0.29) is 11.8 Å². The van der Waals surface area contributed by atoms with Crippen LogP contribution in [0.4, 0.5) is 0 Å². The summed E-state index contributed by atoms with van der Waals surface area (Å²) in [6, 6.07) is 2.39. The Balaban J connectivity index is 2.16. The van der Waals surface area contributed by atoms with E-state index in [1.54, 1.807) is 0 Å². The highest BCUT2D eigenvalue weighted by molar-refractivity contribution is 5.76. The van der Waals surface area contributed by atoms with E-state index >= 15 is 0 Å². The molecule has 3 nitrogen and oxygen atoms in total. The molecule has 0 aliphatic heterocycles. The summed E-state index contributed by atoms with van der Waals surface area (Å²) in [5.74, 6) is 0.410. The molecule has 4 unspecified atom stereocenters. The predicted molar refractivity (Wildman–Crippen MR) is 55.4 cm³/mol. The highest BCUT2D eigenvalue weighted by atomic mass is 16.1. The summed E-state index contributed by atoms with van der Waals surface area (Å²) in [7, 11) is 0. The normalized spacial score (nSPS) is 40.2. The fourth-order valence-electron chi connectivity index (χ4n) is 3.46. The van der Waals surface area contributed by atoms with Crippen LogP contribution in [-0.4, -0.2) is 5.91 Å². The van der Waals surface area contributed by atoms with Crippen molar-refractivity contribution in [3.8, 4) is 6.07 Å². The van der Waals surface area contributed by atoms with E-state index in [9.17, 15) is 4.79 Å². The van der Waals surface area contributed by atoms with E-state index in [1.165, 1.54) is 12.8 Å². The fourth-order valence-corrected chi connectivity index (χ4v) is 3.46. The van der Waals surface area contributed by atoms with Gasteiger partial charge in [0.05, 0.1) is 6.07 Å². The van der Waals surface area contributed by atoms with Crippen LogP contribution in [0.25, 0.3) is 0 Å².